The maximum Gasteiger partial charge on any atom is 0.133 e. The fourth-order valence-electron chi connectivity index (χ4n) is 1.01. The normalized spacial score (nSPS) is 5.30. The summed E-state index contributed by atoms with van der Waals surface area (Å²) in [6.45, 7) is 5.77. The zero-order valence-corrected chi connectivity index (χ0v) is 15.8. The standard InChI is InChI=1S/C9H13ClN2.11H3N/c1-3-5-6-8-11-7(4-2)9(10)12-8;;;;;;;;;;;/h4H,2-3,5-6H2,1H3,(H,11,12);11*1H3. The highest BCUT2D eigenvalue weighted by atomic mass is 35.5. The zero-order chi connectivity index (χ0) is 8.97. The predicted octanol–water partition coefficient (Wildman–Crippen LogP) is 4.83. The van der Waals surface area contributed by atoms with Crippen LogP contribution in [0.3, 0.4) is 0 Å². The molecule has 0 aromatic carbocycles. The molecule has 0 unspecified atom stereocenters. The first-order valence-corrected chi connectivity index (χ1v) is 4.52. The molecule has 0 aliphatic heterocycles. The van der Waals surface area contributed by atoms with Gasteiger partial charge in [0.05, 0.1) is 5.69 Å². The molecule has 1 heterocycles. The minimum absolute atomic E-state index is 0. The van der Waals surface area contributed by atoms with Crippen molar-refractivity contribution < 1.29 is 0 Å². The molecule has 154 valence electrons. The maximum atomic E-state index is 5.83. The second kappa shape index (κ2) is 42.8. The molecule has 1 aromatic rings. The van der Waals surface area contributed by atoms with E-state index in [4.69, 9.17) is 11.6 Å². The van der Waals surface area contributed by atoms with Crippen LogP contribution < -0.4 is 67.7 Å². The summed E-state index contributed by atoms with van der Waals surface area (Å²) in [5.74, 6) is 0.955. The van der Waals surface area contributed by atoms with Gasteiger partial charge in [0.1, 0.15) is 11.0 Å². The third kappa shape index (κ3) is 26.0. The summed E-state index contributed by atoms with van der Waals surface area (Å²) < 4.78 is 0. The van der Waals surface area contributed by atoms with Gasteiger partial charge in [-0.2, -0.15) is 0 Å². The molecule has 14 heteroatoms. The number of H-pyrrole nitrogens is 1. The molecular formula is C9H46ClN13. The number of aryl methyl sites for hydroxylation is 1. The van der Waals surface area contributed by atoms with Gasteiger partial charge >= 0.3 is 0 Å². The van der Waals surface area contributed by atoms with E-state index in [0.29, 0.717) is 5.15 Å². The van der Waals surface area contributed by atoms with Crippen molar-refractivity contribution in [1.82, 2.24) is 77.6 Å². The Balaban J connectivity index is -0.0000000145. The number of aromatic nitrogens is 2. The lowest BCUT2D eigenvalue weighted by Gasteiger charge is -1.90. The number of nitrogens with zero attached hydrogens (tertiary/aromatic N) is 1. The molecule has 0 aliphatic carbocycles. The summed E-state index contributed by atoms with van der Waals surface area (Å²) in [4.78, 5) is 7.27. The van der Waals surface area contributed by atoms with Gasteiger partial charge in [0.15, 0.2) is 0 Å². The predicted molar refractivity (Wildman–Crippen MR) is 108 cm³/mol. The summed E-state index contributed by atoms with van der Waals surface area (Å²) in [6, 6.07) is 0. The highest BCUT2D eigenvalue weighted by Crippen LogP contribution is 2.14. The van der Waals surface area contributed by atoms with Crippen molar-refractivity contribution in [3.8, 4) is 0 Å². The van der Waals surface area contributed by atoms with Gasteiger partial charge in [-0.25, -0.2) is 4.98 Å². The van der Waals surface area contributed by atoms with Crippen molar-refractivity contribution in [2.24, 2.45) is 0 Å². The van der Waals surface area contributed by atoms with Crippen molar-refractivity contribution in [2.75, 3.05) is 0 Å². The Hall–Kier alpha value is -1.20. The molecule has 34 N–H and O–H groups in total. The molecule has 1 rings (SSSR count). The van der Waals surface area contributed by atoms with E-state index in [1.54, 1.807) is 6.08 Å². The monoisotopic (exact) mass is 371 g/mol. The summed E-state index contributed by atoms with van der Waals surface area (Å²) in [5.41, 5.74) is 0.753. The topological polar surface area (TPSA) is 414 Å². The van der Waals surface area contributed by atoms with Gasteiger partial charge in [-0.3, -0.25) is 0 Å². The lowest BCUT2D eigenvalue weighted by molar-refractivity contribution is 0.762. The third-order valence-corrected chi connectivity index (χ3v) is 1.98. The molecule has 1 aromatic heterocycles. The van der Waals surface area contributed by atoms with Crippen molar-refractivity contribution in [3.63, 3.8) is 0 Å². The van der Waals surface area contributed by atoms with Gasteiger partial charge in [-0.1, -0.05) is 31.5 Å². The molecule has 0 bridgehead atoms. The average Bonchev–Trinajstić information content (AvgIpc) is 2.43. The summed E-state index contributed by atoms with van der Waals surface area (Å²) in [7, 11) is 0. The second-order valence-electron chi connectivity index (χ2n) is 2.69. The molecule has 23 heavy (non-hydrogen) atoms. The van der Waals surface area contributed by atoms with Crippen LogP contribution in [0.2, 0.25) is 5.15 Å². The minimum Gasteiger partial charge on any atom is -0.344 e. The van der Waals surface area contributed by atoms with Crippen LogP contribution >= 0.6 is 11.6 Å². The molecule has 0 radical (unpaired) electrons. The van der Waals surface area contributed by atoms with Crippen LogP contribution in [-0.4, -0.2) is 9.97 Å². The van der Waals surface area contributed by atoms with Gasteiger partial charge in [0.25, 0.3) is 0 Å². The van der Waals surface area contributed by atoms with E-state index < -0.39 is 0 Å². The minimum atomic E-state index is 0. The fraction of sp³-hybridized carbons (Fsp3) is 0.444. The van der Waals surface area contributed by atoms with Crippen LogP contribution in [-0.2, 0) is 6.42 Å². The molecule has 0 amide bonds. The summed E-state index contributed by atoms with van der Waals surface area (Å²) >= 11 is 5.83. The first-order chi connectivity index (χ1) is 5.77. The second-order valence-corrected chi connectivity index (χ2v) is 3.07. The Kier molecular flexibility index (Phi) is 151. The lowest BCUT2D eigenvalue weighted by Crippen LogP contribution is -1.86. The number of halogens is 1. The quantitative estimate of drug-likeness (QED) is 0.337. The van der Waals surface area contributed by atoms with E-state index >= 15 is 0 Å². The van der Waals surface area contributed by atoms with Crippen molar-refractivity contribution in [2.45, 2.75) is 26.2 Å². The molecular weight excluding hydrogens is 326 g/mol. The van der Waals surface area contributed by atoms with Crippen LogP contribution in [0.4, 0.5) is 0 Å². The van der Waals surface area contributed by atoms with Crippen LogP contribution in [0.1, 0.15) is 31.3 Å². The molecule has 0 atom stereocenters. The van der Waals surface area contributed by atoms with Crippen LogP contribution in [0.25, 0.3) is 6.08 Å². The van der Waals surface area contributed by atoms with Crippen molar-refractivity contribution >= 4 is 17.7 Å². The molecule has 0 spiro atoms. The number of nitrogens with one attached hydrogen (secondary N) is 1. The highest BCUT2D eigenvalue weighted by molar-refractivity contribution is 6.30. The van der Waals surface area contributed by atoms with E-state index in [2.05, 4.69) is 23.5 Å². The van der Waals surface area contributed by atoms with Gasteiger partial charge in [-0.05, 0) is 12.5 Å². The maximum absolute atomic E-state index is 5.83. The Morgan fingerprint density at radius 3 is 1.57 bits per heavy atom. The van der Waals surface area contributed by atoms with E-state index in [1.807, 2.05) is 0 Å². The number of hydrogen-bond donors (Lipinski definition) is 12. The fourth-order valence-corrected chi connectivity index (χ4v) is 1.24. The first kappa shape index (κ1) is 80.9. The Morgan fingerprint density at radius 2 is 1.30 bits per heavy atom. The van der Waals surface area contributed by atoms with E-state index in [-0.39, 0.29) is 67.7 Å². The molecule has 13 nitrogen and oxygen atoms in total. The Morgan fingerprint density at radius 1 is 0.913 bits per heavy atom. The van der Waals surface area contributed by atoms with Gasteiger partial charge < -0.3 is 72.6 Å². The van der Waals surface area contributed by atoms with Crippen LogP contribution in [0.15, 0.2) is 6.58 Å². The number of rotatable bonds is 4. The highest BCUT2D eigenvalue weighted by Gasteiger charge is 2.03. The van der Waals surface area contributed by atoms with Gasteiger partial charge in [0.2, 0.25) is 0 Å². The zero-order valence-electron chi connectivity index (χ0n) is 15.0. The van der Waals surface area contributed by atoms with Crippen molar-refractivity contribution in [3.05, 3.63) is 23.3 Å². The average molecular weight is 372 g/mol. The van der Waals surface area contributed by atoms with E-state index in [0.717, 1.165) is 24.4 Å². The summed E-state index contributed by atoms with van der Waals surface area (Å²) in [5, 5.41) is 0.594. The Labute approximate surface area is 145 Å². The molecule has 0 saturated carbocycles. The molecule has 0 saturated heterocycles. The number of unbranched alkanes of at least 4 members (excludes halogenated alkanes) is 1. The smallest absolute Gasteiger partial charge is 0.133 e. The van der Waals surface area contributed by atoms with E-state index in [1.165, 1.54) is 6.42 Å². The van der Waals surface area contributed by atoms with E-state index in [9.17, 15) is 0 Å². The van der Waals surface area contributed by atoms with Crippen molar-refractivity contribution in [1.29, 1.82) is 0 Å². The number of aromatic amines is 1. The molecule has 0 aliphatic rings. The van der Waals surface area contributed by atoms with Gasteiger partial charge in [0, 0.05) is 6.42 Å². The Bertz CT molecular complexity index is 280. The third-order valence-electron chi connectivity index (χ3n) is 1.69. The van der Waals surface area contributed by atoms with Gasteiger partial charge in [-0.15, -0.1) is 0 Å². The SMILES string of the molecule is C=Cc1nc(CCCC)[nH]c1Cl.N.N.N.N.N.N.N.N.N.N.N. The molecule has 0 fully saturated rings. The lowest BCUT2D eigenvalue weighted by atomic mass is 10.2. The van der Waals surface area contributed by atoms with Crippen LogP contribution in [0, 0.1) is 0 Å². The first-order valence-electron chi connectivity index (χ1n) is 4.14. The number of imidazole rings is 1. The van der Waals surface area contributed by atoms with Crippen LogP contribution in [0.5, 0.6) is 0 Å². The largest absolute Gasteiger partial charge is 0.344 e. The summed E-state index contributed by atoms with van der Waals surface area (Å²) in [6.07, 6.45) is 4.93. The number of hydrogen-bond acceptors (Lipinski definition) is 12.